The highest BCUT2D eigenvalue weighted by atomic mass is 79.9. The molecule has 4 aliphatic carbocycles. The maximum atomic E-state index is 11.1. The summed E-state index contributed by atoms with van der Waals surface area (Å²) in [5.74, 6) is 2.76. The van der Waals surface area contributed by atoms with Crippen LogP contribution in [-0.2, 0) is 0 Å². The zero-order valence-corrected chi connectivity index (χ0v) is 59.4. The molecule has 4 N–H and O–H groups in total. The van der Waals surface area contributed by atoms with Crippen LogP contribution >= 0.6 is 63.7 Å². The Morgan fingerprint density at radius 2 is 0.980 bits per heavy atom. The number of rotatable bonds is 7. The van der Waals surface area contributed by atoms with Gasteiger partial charge in [-0.2, -0.15) is 0 Å². The van der Waals surface area contributed by atoms with Gasteiger partial charge in [-0.3, -0.25) is 18.0 Å². The van der Waals surface area contributed by atoms with E-state index < -0.39 is 7.12 Å². The Morgan fingerprint density at radius 3 is 1.48 bits per heavy atom. The predicted molar refractivity (Wildman–Crippen MR) is 421 cm³/mol. The number of alkyl halides is 1. The molecule has 0 radical (unpaired) electrons. The summed E-state index contributed by atoms with van der Waals surface area (Å²) < 4.78 is 8.90. The standard InChI is InChI=1S/C28H17N3.C16H13BO2.2C12H8BrN3.C8H6Br2O.C4H5N3.CH4/c1-3-20-9-10-22-11-13-23(24-14-12-21(4-1)26(20)27(22)24)18-5-7-19(8-6-18)25-17-31-16-2-15-29-28(31)30-25;18-17(19)14-9-7-12-5-4-10-2-1-3-11-6-8-13(14)16(12)15(10)11;2*13-10-4-2-9(3-5-10)11-8-16-7-1-6-14-12(16)15-11;9-5-8(11)6-1-3-7(10)4-2-6;5-4-6-2-1-3-7-4;/h1-17H;1-2,4-9,16,18-19H,3H2;2*1-8H;1-4H,5H2;1-3H,(H2,5,6,7);1H4. The highest BCUT2D eigenvalue weighted by molar-refractivity contribution is 9.11. The van der Waals surface area contributed by atoms with Crippen molar-refractivity contribution in [1.82, 2.24) is 53.1 Å². The van der Waals surface area contributed by atoms with Crippen LogP contribution in [0.4, 0.5) is 5.95 Å². The summed E-state index contributed by atoms with van der Waals surface area (Å²) in [4.78, 5) is 44.6. The highest BCUT2D eigenvalue weighted by Crippen LogP contribution is 2.49. The molecule has 494 valence electrons. The summed E-state index contributed by atoms with van der Waals surface area (Å²) in [6.07, 6.45) is 37.8. The molecule has 7 heterocycles. The molecule has 0 saturated carbocycles. The van der Waals surface area contributed by atoms with Crippen LogP contribution in [0.3, 0.4) is 0 Å². The monoisotopic (exact) mass is 1580 g/mol. The Bertz CT molecular complexity index is 5500. The molecule has 7 aromatic heterocycles. The number of nitrogen functional groups attached to an aromatic ring is 1. The van der Waals surface area contributed by atoms with Crippen molar-refractivity contribution in [2.45, 2.75) is 13.8 Å². The van der Waals surface area contributed by atoms with Crippen molar-refractivity contribution in [3.8, 4) is 44.9 Å². The average Bonchev–Trinajstić information content (AvgIpc) is 1.72. The van der Waals surface area contributed by atoms with E-state index in [0.29, 0.717) is 22.5 Å². The van der Waals surface area contributed by atoms with Crippen LogP contribution in [0.5, 0.6) is 0 Å². The zero-order chi connectivity index (χ0) is 68.6. The number of carbonyl (C=O) groups excluding carboxylic acids is 1. The summed E-state index contributed by atoms with van der Waals surface area (Å²) in [5.41, 5.74) is 21.2. The lowest BCUT2D eigenvalue weighted by atomic mass is 9.61. The van der Waals surface area contributed by atoms with Crippen molar-refractivity contribution in [3.63, 3.8) is 0 Å². The number of aromatic nitrogens is 11. The van der Waals surface area contributed by atoms with E-state index in [4.69, 9.17) is 5.73 Å². The molecule has 0 saturated heterocycles. The second-order valence-corrected chi connectivity index (χ2v) is 26.6. The van der Waals surface area contributed by atoms with Gasteiger partial charge in [-0.1, -0.05) is 235 Å². The Kier molecular flexibility index (Phi) is 21.3. The van der Waals surface area contributed by atoms with Crippen LogP contribution in [-0.4, -0.2) is 81.4 Å². The van der Waals surface area contributed by atoms with Gasteiger partial charge in [0.2, 0.25) is 23.3 Å². The number of halogens is 4. The van der Waals surface area contributed by atoms with E-state index in [-0.39, 0.29) is 19.1 Å². The molecule has 0 aliphatic heterocycles. The van der Waals surface area contributed by atoms with E-state index in [1.807, 2.05) is 147 Å². The van der Waals surface area contributed by atoms with Gasteiger partial charge < -0.3 is 15.8 Å². The lowest BCUT2D eigenvalue weighted by Gasteiger charge is -2.37. The molecule has 20 heteroatoms. The van der Waals surface area contributed by atoms with Gasteiger partial charge in [0.1, 0.15) is 0 Å². The molecule has 15 nitrogen and oxygen atoms in total. The number of nitrogens with two attached hydrogens (primary N) is 1. The van der Waals surface area contributed by atoms with Gasteiger partial charge in [0.25, 0.3) is 0 Å². The molecule has 1 atom stereocenters. The minimum absolute atomic E-state index is 0. The van der Waals surface area contributed by atoms with Gasteiger partial charge in [0, 0.05) is 110 Å². The highest BCUT2D eigenvalue weighted by Gasteiger charge is 2.37. The predicted octanol–water partition coefficient (Wildman–Crippen LogP) is 19.2. The number of benzene rings is 8. The Hall–Kier alpha value is -10.7. The zero-order valence-electron chi connectivity index (χ0n) is 53.1. The molecule has 19 rings (SSSR count). The molecule has 101 heavy (non-hydrogen) atoms. The molecule has 8 aromatic carbocycles. The molecule has 15 aromatic rings. The van der Waals surface area contributed by atoms with E-state index in [0.717, 1.165) is 76.3 Å². The number of allylic oxidation sites excluding steroid dienone is 14. The SMILES string of the molecule is Brc1ccc(-c2cn3cccnc3n2)cc1.Brc1ccc(-c2cn3cccnc3n2)cc1.C.Nc1ncccn1.O=C(CBr)c1ccc(Br)cc1.OB(O)C1=CC=C2C=CC3=C4C(=CC=C1C24)CC=C3.c1cc2ccc3ccc(-c4ccc(-c5cn6cccnc6n5)cc4)c4ccc(c1)c2c34. The average molecular weight is 1580 g/mol. The van der Waals surface area contributed by atoms with Gasteiger partial charge in [-0.15, -0.1) is 0 Å². The lowest BCUT2D eigenvalue weighted by Crippen LogP contribution is -2.28. The third-order valence-electron chi connectivity index (χ3n) is 17.1. The third kappa shape index (κ3) is 15.4. The first-order valence-corrected chi connectivity index (χ1v) is 35.2. The lowest BCUT2D eigenvalue weighted by molar-refractivity contribution is 0.102. The fraction of sp³-hybridized carbons (Fsp3) is 0.0494. The second kappa shape index (κ2) is 31.2. The number of carbonyl (C=O) groups is 1. The number of hydrogen-bond acceptors (Lipinski definition) is 12. The van der Waals surface area contributed by atoms with Crippen LogP contribution < -0.4 is 5.73 Å². The van der Waals surface area contributed by atoms with Gasteiger partial charge >= 0.3 is 7.12 Å². The largest absolute Gasteiger partial charge is 0.488 e. The van der Waals surface area contributed by atoms with Crippen LogP contribution in [0, 0.1) is 5.92 Å². The maximum Gasteiger partial charge on any atom is 0.488 e. The minimum Gasteiger partial charge on any atom is -0.423 e. The Morgan fingerprint density at radius 1 is 0.505 bits per heavy atom. The van der Waals surface area contributed by atoms with E-state index in [2.05, 4.69) is 213 Å². The van der Waals surface area contributed by atoms with Crippen molar-refractivity contribution in [1.29, 1.82) is 0 Å². The Balaban J connectivity index is 0.000000114. The van der Waals surface area contributed by atoms with Crippen molar-refractivity contribution in [2.75, 3.05) is 11.1 Å². The van der Waals surface area contributed by atoms with E-state index in [1.54, 1.807) is 49.2 Å². The number of anilines is 1. The van der Waals surface area contributed by atoms with E-state index in [1.165, 1.54) is 65.7 Å². The number of hydrogen-bond donors (Lipinski definition) is 3. The van der Waals surface area contributed by atoms with Crippen molar-refractivity contribution >= 4 is 132 Å². The van der Waals surface area contributed by atoms with E-state index >= 15 is 0 Å². The number of fused-ring (bicyclic) bond motifs is 3. The van der Waals surface area contributed by atoms with Crippen molar-refractivity contribution in [3.05, 3.63) is 345 Å². The van der Waals surface area contributed by atoms with Crippen LogP contribution in [0.15, 0.2) is 339 Å². The first-order chi connectivity index (χ1) is 48.9. The van der Waals surface area contributed by atoms with Crippen LogP contribution in [0.1, 0.15) is 24.2 Å². The molecule has 0 bridgehead atoms. The molecule has 0 fully saturated rings. The normalized spacial score (nSPS) is 13.7. The van der Waals surface area contributed by atoms with Gasteiger partial charge in [0.05, 0.1) is 22.4 Å². The minimum atomic E-state index is -1.41. The summed E-state index contributed by atoms with van der Waals surface area (Å²) in [5, 5.41) is 27.3. The Labute approximate surface area is 616 Å². The molecule has 1 unspecified atom stereocenters. The number of nitrogens with zero attached hydrogens (tertiary/aromatic N) is 11. The van der Waals surface area contributed by atoms with Gasteiger partial charge in [0.15, 0.2) is 5.78 Å². The molecule has 0 amide bonds. The third-order valence-corrected chi connectivity index (χ3v) is 19.2. The number of ketones is 1. The van der Waals surface area contributed by atoms with Crippen LogP contribution in [0.25, 0.3) is 94.5 Å². The molecular formula is C81H61BBr4N12O3. The summed E-state index contributed by atoms with van der Waals surface area (Å²) in [6, 6.07) is 59.5. The smallest absolute Gasteiger partial charge is 0.423 e. The molecule has 4 aliphatic rings. The van der Waals surface area contributed by atoms with Crippen molar-refractivity contribution < 1.29 is 14.8 Å². The fourth-order valence-electron chi connectivity index (χ4n) is 12.3. The molecular weight excluding hydrogens is 1520 g/mol. The first-order valence-electron chi connectivity index (χ1n) is 31.7. The number of Topliss-reactive ketones (excluding diaryl/α,β-unsaturated/α-hetero) is 1. The van der Waals surface area contributed by atoms with Crippen LogP contribution in [0.2, 0.25) is 0 Å². The quantitative estimate of drug-likeness (QED) is 0.0591. The summed E-state index contributed by atoms with van der Waals surface area (Å²) in [7, 11) is -1.41. The van der Waals surface area contributed by atoms with Gasteiger partial charge in [-0.25, -0.2) is 39.9 Å². The summed E-state index contributed by atoms with van der Waals surface area (Å²) in [6.45, 7) is 0. The van der Waals surface area contributed by atoms with E-state index in [9.17, 15) is 14.8 Å². The second-order valence-electron chi connectivity index (χ2n) is 23.3. The number of imidazole rings is 3. The van der Waals surface area contributed by atoms with Gasteiger partial charge in [-0.05, 0) is 144 Å². The maximum absolute atomic E-state index is 11.1. The topological polar surface area (TPSA) is 200 Å². The fourth-order valence-corrected chi connectivity index (χ4v) is 13.5. The summed E-state index contributed by atoms with van der Waals surface area (Å²) >= 11 is 13.2. The molecule has 0 spiro atoms. The first kappa shape index (κ1) is 68.8. The van der Waals surface area contributed by atoms with Crippen molar-refractivity contribution in [2.24, 2.45) is 5.92 Å².